The van der Waals surface area contributed by atoms with Crippen LogP contribution in [0, 0.1) is 11.5 Å². The van der Waals surface area contributed by atoms with Crippen LogP contribution in [0.25, 0.3) is 11.2 Å². The maximum atomic E-state index is 12.3. The molecule has 2 atom stereocenters. The Morgan fingerprint density at radius 1 is 1.00 bits per heavy atom. The van der Waals surface area contributed by atoms with Crippen molar-refractivity contribution < 1.29 is 23.5 Å². The first-order valence-corrected chi connectivity index (χ1v) is 20.2. The van der Waals surface area contributed by atoms with E-state index in [-0.39, 0.29) is 19.3 Å². The smallest absolute Gasteiger partial charge is 0.353 e. The summed E-state index contributed by atoms with van der Waals surface area (Å²) in [6.45, 7) is 10.1. The number of unbranched alkanes of at least 4 members (excludes halogenated alkanes) is 10. The monoisotopic (exact) mass is 609 g/mol. The molecule has 41 heavy (non-hydrogen) atoms. The third-order valence-electron chi connectivity index (χ3n) is 7.08. The van der Waals surface area contributed by atoms with Gasteiger partial charge in [0.15, 0.2) is 11.5 Å². The van der Waals surface area contributed by atoms with Crippen molar-refractivity contribution in [1.82, 2.24) is 19.5 Å². The summed E-state index contributed by atoms with van der Waals surface area (Å²) in [6, 6.07) is 1.25. The summed E-state index contributed by atoms with van der Waals surface area (Å²) < 4.78 is 30.3. The fourth-order valence-corrected chi connectivity index (χ4v) is 5.84. The van der Waals surface area contributed by atoms with Crippen LogP contribution in [0.5, 0.6) is 0 Å². The molecule has 0 bridgehead atoms. The van der Waals surface area contributed by atoms with Crippen molar-refractivity contribution >= 4 is 32.7 Å². The number of nitrogen functional groups attached to an aromatic ring is 1. The number of hydrogen-bond acceptors (Lipinski definition) is 8. The number of aromatic nitrogens is 4. The van der Waals surface area contributed by atoms with Crippen molar-refractivity contribution in [3.05, 3.63) is 12.7 Å². The summed E-state index contributed by atoms with van der Waals surface area (Å²) in [5.74, 6) is 3.71. The fraction of sp³-hybridized carbons (Fsp3) is 0.759. The van der Waals surface area contributed by atoms with E-state index in [2.05, 4.69) is 46.4 Å². The molecule has 0 fully saturated rings. The Kier molecular flexibility index (Phi) is 16.7. The van der Waals surface area contributed by atoms with Gasteiger partial charge in [-0.1, -0.05) is 71.4 Å². The molecule has 1 unspecified atom stereocenters. The summed E-state index contributed by atoms with van der Waals surface area (Å²) in [4.78, 5) is 22.4. The molecule has 2 rings (SSSR count). The molecule has 0 amide bonds. The fourth-order valence-electron chi connectivity index (χ4n) is 4.18. The highest BCUT2D eigenvalue weighted by molar-refractivity contribution is 7.52. The third kappa shape index (κ3) is 15.3. The van der Waals surface area contributed by atoms with E-state index in [1.807, 2.05) is 0 Å². The van der Waals surface area contributed by atoms with Gasteiger partial charge >= 0.3 is 7.60 Å². The van der Waals surface area contributed by atoms with Gasteiger partial charge in [-0.15, -0.1) is 11.5 Å². The Hall–Kier alpha value is -1.80. The quantitative estimate of drug-likeness (QED) is 0.0659. The second-order valence-corrected chi connectivity index (χ2v) is 17.9. The lowest BCUT2D eigenvalue weighted by Crippen LogP contribution is -2.21. The van der Waals surface area contributed by atoms with Crippen molar-refractivity contribution in [3.63, 3.8) is 0 Å². The van der Waals surface area contributed by atoms with Gasteiger partial charge in [-0.25, -0.2) is 15.0 Å². The molecule has 0 aromatic carbocycles. The maximum absolute atomic E-state index is 12.3. The topological polar surface area (TPSA) is 135 Å². The summed E-state index contributed by atoms with van der Waals surface area (Å²) in [6.07, 6.45) is 15.7. The van der Waals surface area contributed by atoms with Crippen molar-refractivity contribution in [2.24, 2.45) is 0 Å². The van der Waals surface area contributed by atoms with Gasteiger partial charge in [-0.05, 0) is 25.8 Å². The molecule has 2 aromatic heterocycles. The van der Waals surface area contributed by atoms with Gasteiger partial charge in [0.2, 0.25) is 0 Å². The van der Waals surface area contributed by atoms with E-state index in [9.17, 15) is 9.46 Å². The van der Waals surface area contributed by atoms with Gasteiger partial charge in [0.05, 0.1) is 32.2 Å². The number of hydrogen-bond donors (Lipinski definition) is 2. The van der Waals surface area contributed by atoms with E-state index in [4.69, 9.17) is 19.7 Å². The molecule has 0 saturated heterocycles. The lowest BCUT2D eigenvalue weighted by Gasteiger charge is -2.17. The summed E-state index contributed by atoms with van der Waals surface area (Å²) >= 11 is 0. The number of nitrogens with two attached hydrogens (primary N) is 1. The number of rotatable bonds is 22. The van der Waals surface area contributed by atoms with E-state index in [0.717, 1.165) is 19.3 Å². The number of fused-ring (bicyclic) bond motifs is 1. The van der Waals surface area contributed by atoms with Crippen LogP contribution in [0.1, 0.15) is 84.5 Å². The van der Waals surface area contributed by atoms with Crippen LogP contribution in [-0.4, -0.2) is 64.8 Å². The molecule has 0 aliphatic rings. The van der Waals surface area contributed by atoms with Crippen molar-refractivity contribution in [3.8, 4) is 11.5 Å². The molecule has 232 valence electrons. The second kappa shape index (κ2) is 19.4. The minimum absolute atomic E-state index is 0.0545. The van der Waals surface area contributed by atoms with Crippen molar-refractivity contribution in [2.45, 2.75) is 116 Å². The Morgan fingerprint density at radius 3 is 2.34 bits per heavy atom. The molecule has 0 aliphatic heterocycles. The first-order valence-electron chi connectivity index (χ1n) is 15.2. The van der Waals surface area contributed by atoms with E-state index < -0.39 is 22.0 Å². The highest BCUT2D eigenvalue weighted by atomic mass is 31.2. The molecule has 0 radical (unpaired) electrons. The van der Waals surface area contributed by atoms with E-state index in [1.165, 1.54) is 63.7 Å². The van der Waals surface area contributed by atoms with Crippen molar-refractivity contribution in [2.75, 3.05) is 31.9 Å². The zero-order chi connectivity index (χ0) is 30.0. The first-order chi connectivity index (χ1) is 19.6. The van der Waals surface area contributed by atoms with E-state index >= 15 is 0 Å². The maximum Gasteiger partial charge on any atom is 0.353 e. The Bertz CT molecular complexity index is 1120. The minimum atomic E-state index is -3.87. The van der Waals surface area contributed by atoms with Crippen LogP contribution in [0.15, 0.2) is 12.7 Å². The zero-order valence-electron chi connectivity index (χ0n) is 25.6. The average Bonchev–Trinajstić information content (AvgIpc) is 3.35. The van der Waals surface area contributed by atoms with E-state index in [0.29, 0.717) is 30.1 Å². The van der Waals surface area contributed by atoms with Gasteiger partial charge in [0.1, 0.15) is 26.3 Å². The van der Waals surface area contributed by atoms with Crippen LogP contribution in [0.2, 0.25) is 19.1 Å². The molecule has 3 N–H and O–H groups in total. The summed E-state index contributed by atoms with van der Waals surface area (Å²) in [7, 11) is -5.09. The molecular formula is C29H52N5O5PSi. The second-order valence-electron chi connectivity index (χ2n) is 11.3. The van der Waals surface area contributed by atoms with E-state index in [1.54, 1.807) is 17.8 Å². The molecule has 2 aromatic rings. The van der Waals surface area contributed by atoms with Crippen LogP contribution >= 0.6 is 7.60 Å². The first kappa shape index (κ1) is 35.4. The van der Waals surface area contributed by atoms with Crippen LogP contribution in [0.3, 0.4) is 0 Å². The Morgan fingerprint density at radius 2 is 1.66 bits per heavy atom. The molecule has 12 heteroatoms. The Labute approximate surface area is 247 Å². The number of imidazole rings is 1. The zero-order valence-corrected chi connectivity index (χ0v) is 27.5. The summed E-state index contributed by atoms with van der Waals surface area (Å²) in [5.41, 5.74) is 10.4. The standard InChI is InChI=1S/C29H52N5O5PSi/c1-5-41(3,4)21-17-15-13-11-9-7-6-8-10-12-14-16-18-37-19-20-39-40(35,36)25-38-26(2)22-34-24-33-27-28(30)31-23-32-29(27)34/h23-24,26H,5-16,18-20,22,25H2,1-4H3,(H,35,36)(H2,30,31,32)/t26-/m1/s1. The molecular weight excluding hydrogens is 557 g/mol. The lowest BCUT2D eigenvalue weighted by atomic mass is 10.1. The molecule has 0 saturated carbocycles. The minimum Gasteiger partial charge on any atom is -0.382 e. The molecule has 10 nitrogen and oxygen atoms in total. The number of anilines is 1. The molecule has 0 spiro atoms. The van der Waals surface area contributed by atoms with Crippen molar-refractivity contribution in [1.29, 1.82) is 0 Å². The normalized spacial score (nSPS) is 14.1. The number of ether oxygens (including phenoxy) is 2. The largest absolute Gasteiger partial charge is 0.382 e. The predicted octanol–water partition coefficient (Wildman–Crippen LogP) is 6.55. The molecule has 2 heterocycles. The number of nitrogens with zero attached hydrogens (tertiary/aromatic N) is 4. The highest BCUT2D eigenvalue weighted by Crippen LogP contribution is 2.41. The lowest BCUT2D eigenvalue weighted by molar-refractivity contribution is 0.0610. The summed E-state index contributed by atoms with van der Waals surface area (Å²) in [5, 5.41) is 0. The highest BCUT2D eigenvalue weighted by Gasteiger charge is 2.22. The van der Waals surface area contributed by atoms with Crippen LogP contribution < -0.4 is 5.73 Å². The SMILES string of the molecule is CC[Si](C)(C)C#CCCCCCCCCCCCCOCCOP(=O)(O)CO[C@H](C)Cn1cnc2c(N)ncnc21. The van der Waals surface area contributed by atoms with Gasteiger partial charge in [0.25, 0.3) is 0 Å². The van der Waals surface area contributed by atoms with Gasteiger partial charge < -0.3 is 29.2 Å². The Balaban J connectivity index is 1.39. The van der Waals surface area contributed by atoms with Gasteiger partial charge in [-0.3, -0.25) is 4.57 Å². The van der Waals surface area contributed by atoms with Crippen LogP contribution in [0.4, 0.5) is 5.82 Å². The van der Waals surface area contributed by atoms with Crippen LogP contribution in [-0.2, 0) is 25.1 Å². The molecule has 0 aliphatic carbocycles. The third-order valence-corrected chi connectivity index (χ3v) is 10.8. The average molecular weight is 610 g/mol. The van der Waals surface area contributed by atoms with Gasteiger partial charge in [-0.2, -0.15) is 0 Å². The van der Waals surface area contributed by atoms with Gasteiger partial charge in [0, 0.05) is 13.0 Å². The predicted molar refractivity (Wildman–Crippen MR) is 168 cm³/mol.